The van der Waals surface area contributed by atoms with Gasteiger partial charge in [0.15, 0.2) is 11.5 Å². The van der Waals surface area contributed by atoms with Crippen LogP contribution in [0.3, 0.4) is 0 Å². The van der Waals surface area contributed by atoms with Crippen LogP contribution in [-0.2, 0) is 25.1 Å². The Morgan fingerprint density at radius 3 is 2.68 bits per heavy atom. The number of anilines is 2. The Kier molecular flexibility index (Phi) is 5.72. The third-order valence-corrected chi connectivity index (χ3v) is 7.02. The third-order valence-electron chi connectivity index (χ3n) is 7.02. The van der Waals surface area contributed by atoms with Gasteiger partial charge in [-0.3, -0.25) is 4.79 Å². The molecule has 1 aromatic carbocycles. The molecule has 0 amide bonds. The van der Waals surface area contributed by atoms with Crippen LogP contribution in [0, 0.1) is 5.82 Å². The Morgan fingerprint density at radius 2 is 1.95 bits per heavy atom. The molecular formula is C25H23F4N7O2. The summed E-state index contributed by atoms with van der Waals surface area (Å²) >= 11 is 0. The standard InChI is InChI=1S/C25H23F4N7O2/c26-18-4-5-19(33-20(18)24(38)7-1-8-24)36-21-17(22(37)35(36)13-25(27,28)29)12-31-23(34-21)32-16-3-2-14-6-9-30-11-15(14)10-16/h2-5,10,12,30,38H,1,6-9,11,13H2,(H,31,32,34). The second-order valence-corrected chi connectivity index (χ2v) is 9.64. The average molecular weight is 529 g/mol. The highest BCUT2D eigenvalue weighted by Crippen LogP contribution is 2.41. The van der Waals surface area contributed by atoms with Crippen LogP contribution in [0.2, 0.25) is 0 Å². The van der Waals surface area contributed by atoms with E-state index in [2.05, 4.69) is 25.6 Å². The fourth-order valence-electron chi connectivity index (χ4n) is 4.95. The molecule has 6 rings (SSSR count). The lowest BCUT2D eigenvalue weighted by Gasteiger charge is -2.36. The van der Waals surface area contributed by atoms with Gasteiger partial charge in [0.2, 0.25) is 5.95 Å². The van der Waals surface area contributed by atoms with Gasteiger partial charge in [-0.05, 0) is 67.6 Å². The van der Waals surface area contributed by atoms with Gasteiger partial charge in [-0.2, -0.15) is 18.2 Å². The second-order valence-electron chi connectivity index (χ2n) is 9.64. The van der Waals surface area contributed by atoms with E-state index in [-0.39, 0.29) is 41.3 Å². The van der Waals surface area contributed by atoms with Gasteiger partial charge in [-0.1, -0.05) is 6.07 Å². The smallest absolute Gasteiger partial charge is 0.383 e. The highest BCUT2D eigenvalue weighted by molar-refractivity contribution is 5.77. The van der Waals surface area contributed by atoms with E-state index in [1.54, 1.807) is 0 Å². The van der Waals surface area contributed by atoms with Crippen molar-refractivity contribution in [1.82, 2.24) is 29.6 Å². The molecule has 38 heavy (non-hydrogen) atoms. The summed E-state index contributed by atoms with van der Waals surface area (Å²) in [5.41, 5.74) is 0.0960. The maximum atomic E-state index is 14.6. The minimum absolute atomic E-state index is 0.0547. The molecule has 4 aromatic rings. The monoisotopic (exact) mass is 529 g/mol. The van der Waals surface area contributed by atoms with Crippen molar-refractivity contribution in [2.75, 3.05) is 11.9 Å². The summed E-state index contributed by atoms with van der Waals surface area (Å²) in [6.07, 6.45) is -1.48. The number of rotatable bonds is 5. The molecule has 1 saturated carbocycles. The lowest BCUT2D eigenvalue weighted by atomic mass is 9.77. The first kappa shape index (κ1) is 24.5. The molecular weight excluding hydrogens is 506 g/mol. The molecule has 1 aliphatic heterocycles. The Hall–Kier alpha value is -3.84. The van der Waals surface area contributed by atoms with Gasteiger partial charge in [0.25, 0.3) is 5.56 Å². The molecule has 0 radical (unpaired) electrons. The van der Waals surface area contributed by atoms with Crippen molar-refractivity contribution in [3.63, 3.8) is 0 Å². The van der Waals surface area contributed by atoms with Gasteiger partial charge in [0.1, 0.15) is 29.0 Å². The van der Waals surface area contributed by atoms with Gasteiger partial charge in [-0.25, -0.2) is 23.7 Å². The molecule has 13 heteroatoms. The first-order valence-electron chi connectivity index (χ1n) is 12.2. The quantitative estimate of drug-likeness (QED) is 0.340. The number of fused-ring (bicyclic) bond motifs is 2. The second kappa shape index (κ2) is 8.88. The number of pyridine rings is 1. The first-order valence-corrected chi connectivity index (χ1v) is 12.2. The van der Waals surface area contributed by atoms with Crippen molar-refractivity contribution >= 4 is 22.7 Å². The predicted molar refractivity (Wildman–Crippen MR) is 130 cm³/mol. The van der Waals surface area contributed by atoms with E-state index in [1.807, 2.05) is 18.2 Å². The van der Waals surface area contributed by atoms with E-state index in [0.29, 0.717) is 23.3 Å². The largest absolute Gasteiger partial charge is 0.408 e. The summed E-state index contributed by atoms with van der Waals surface area (Å²) in [5, 5.41) is 16.9. The number of alkyl halides is 3. The van der Waals surface area contributed by atoms with Crippen molar-refractivity contribution in [3.05, 3.63) is 69.5 Å². The van der Waals surface area contributed by atoms with Crippen LogP contribution in [-0.4, -0.2) is 42.1 Å². The van der Waals surface area contributed by atoms with E-state index in [1.165, 1.54) is 5.56 Å². The molecule has 4 heterocycles. The van der Waals surface area contributed by atoms with Crippen LogP contribution < -0.4 is 16.2 Å². The van der Waals surface area contributed by atoms with Crippen molar-refractivity contribution < 1.29 is 22.7 Å². The summed E-state index contributed by atoms with van der Waals surface area (Å²) in [6, 6.07) is 7.95. The normalized spacial score (nSPS) is 16.8. The van der Waals surface area contributed by atoms with E-state index < -0.39 is 29.7 Å². The molecule has 0 unspecified atom stereocenters. The summed E-state index contributed by atoms with van der Waals surface area (Å²) in [5.74, 6) is -0.905. The topological polar surface area (TPSA) is 110 Å². The van der Waals surface area contributed by atoms with E-state index in [4.69, 9.17) is 0 Å². The fraction of sp³-hybridized carbons (Fsp3) is 0.360. The number of nitrogens with one attached hydrogen (secondary N) is 2. The molecule has 9 nitrogen and oxygen atoms in total. The zero-order valence-electron chi connectivity index (χ0n) is 20.0. The van der Waals surface area contributed by atoms with Crippen molar-refractivity contribution in [2.45, 2.75) is 50.6 Å². The van der Waals surface area contributed by atoms with Crippen molar-refractivity contribution in [2.24, 2.45) is 0 Å². The number of hydrogen-bond acceptors (Lipinski definition) is 7. The number of benzene rings is 1. The maximum Gasteiger partial charge on any atom is 0.408 e. The molecule has 0 atom stereocenters. The van der Waals surface area contributed by atoms with Gasteiger partial charge in [0, 0.05) is 18.4 Å². The summed E-state index contributed by atoms with van der Waals surface area (Å²) in [7, 11) is 0. The van der Waals surface area contributed by atoms with Crippen LogP contribution in [0.5, 0.6) is 0 Å². The highest BCUT2D eigenvalue weighted by atomic mass is 19.4. The molecule has 2 aliphatic rings. The molecule has 0 saturated heterocycles. The average Bonchev–Trinajstić information content (AvgIpc) is 3.12. The number of nitrogens with zero attached hydrogens (tertiary/aromatic N) is 5. The predicted octanol–water partition coefficient (Wildman–Crippen LogP) is 3.44. The van der Waals surface area contributed by atoms with Crippen LogP contribution in [0.25, 0.3) is 16.9 Å². The number of halogens is 4. The maximum absolute atomic E-state index is 14.6. The molecule has 0 bridgehead atoms. The molecule has 1 aliphatic carbocycles. The summed E-state index contributed by atoms with van der Waals surface area (Å²) < 4.78 is 56.4. The molecule has 0 spiro atoms. The zero-order valence-corrected chi connectivity index (χ0v) is 20.0. The van der Waals surface area contributed by atoms with E-state index >= 15 is 0 Å². The lowest BCUT2D eigenvalue weighted by molar-refractivity contribution is -0.144. The summed E-state index contributed by atoms with van der Waals surface area (Å²) in [4.78, 5) is 25.7. The SMILES string of the molecule is O=c1c2cnc(Nc3ccc4c(c3)CNCC4)nc2n(-c2ccc(F)c(C3(O)CCC3)n2)n1CC(F)(F)F. The molecule has 1 fully saturated rings. The van der Waals surface area contributed by atoms with Gasteiger partial charge in [0.05, 0.1) is 0 Å². The van der Waals surface area contributed by atoms with Crippen LogP contribution in [0.15, 0.2) is 41.3 Å². The minimum atomic E-state index is -4.74. The first-order chi connectivity index (χ1) is 18.1. The van der Waals surface area contributed by atoms with E-state index in [0.717, 1.165) is 41.5 Å². The van der Waals surface area contributed by atoms with Crippen molar-refractivity contribution in [3.8, 4) is 5.82 Å². The third kappa shape index (κ3) is 4.31. The molecule has 198 valence electrons. The Balaban J connectivity index is 1.48. The van der Waals surface area contributed by atoms with Gasteiger partial charge < -0.3 is 15.7 Å². The number of aromatic nitrogens is 5. The van der Waals surface area contributed by atoms with E-state index in [9.17, 15) is 27.5 Å². The van der Waals surface area contributed by atoms with Crippen molar-refractivity contribution in [1.29, 1.82) is 0 Å². The number of hydrogen-bond donors (Lipinski definition) is 3. The molecule has 3 aromatic heterocycles. The Morgan fingerprint density at radius 1 is 1.13 bits per heavy atom. The Bertz CT molecular complexity index is 1610. The van der Waals surface area contributed by atoms with Crippen LogP contribution in [0.1, 0.15) is 36.1 Å². The number of aliphatic hydroxyl groups is 1. The zero-order chi connectivity index (χ0) is 26.7. The highest BCUT2D eigenvalue weighted by Gasteiger charge is 2.40. The summed E-state index contributed by atoms with van der Waals surface area (Å²) in [6.45, 7) is -0.0283. The fourth-order valence-corrected chi connectivity index (χ4v) is 4.95. The van der Waals surface area contributed by atoms with Crippen LogP contribution >= 0.6 is 0 Å². The van der Waals surface area contributed by atoms with Gasteiger partial charge >= 0.3 is 6.18 Å². The van der Waals surface area contributed by atoms with Crippen LogP contribution in [0.4, 0.5) is 29.2 Å². The minimum Gasteiger partial charge on any atom is -0.383 e. The van der Waals surface area contributed by atoms with Gasteiger partial charge in [-0.15, -0.1) is 0 Å². The molecule has 3 N–H and O–H groups in total. The Labute approximate surface area is 213 Å². The lowest BCUT2D eigenvalue weighted by Crippen LogP contribution is -2.36.